The molecular weight excluding hydrogens is 259 g/mol. The summed E-state index contributed by atoms with van der Waals surface area (Å²) in [7, 11) is 0. The van der Waals surface area contributed by atoms with Crippen LogP contribution in [0, 0.1) is 0 Å². The number of amides is 1. The number of hydrogen-bond acceptors (Lipinski definition) is 2. The van der Waals surface area contributed by atoms with E-state index >= 15 is 0 Å². The summed E-state index contributed by atoms with van der Waals surface area (Å²) in [5, 5.41) is 6.70. The van der Waals surface area contributed by atoms with Gasteiger partial charge in [-0.2, -0.15) is 0 Å². The van der Waals surface area contributed by atoms with Crippen LogP contribution in [0.25, 0.3) is 0 Å². The van der Waals surface area contributed by atoms with Crippen molar-refractivity contribution in [3.8, 4) is 0 Å². The highest BCUT2D eigenvalue weighted by molar-refractivity contribution is 6.30. The Morgan fingerprint density at radius 3 is 2.76 bits per heavy atom. The number of halogens is 2. The predicted octanol–water partition coefficient (Wildman–Crippen LogP) is 2.84. The standard InChI is InChI=1S/C12H15ClN2O.ClH/c1-8(14-10-5-6-10)12(16)15-11-4-2-3-9(13)7-11;/h2-4,7-8,10,14H,5-6H2,1H3,(H,15,16);1H. The Morgan fingerprint density at radius 2 is 2.18 bits per heavy atom. The molecule has 94 valence electrons. The molecule has 0 radical (unpaired) electrons. The van der Waals surface area contributed by atoms with E-state index in [1.165, 1.54) is 12.8 Å². The lowest BCUT2D eigenvalue weighted by Crippen LogP contribution is -2.39. The molecule has 0 heterocycles. The molecule has 0 aromatic heterocycles. The molecular formula is C12H16Cl2N2O. The molecule has 3 nitrogen and oxygen atoms in total. The zero-order valence-corrected chi connectivity index (χ0v) is 11.1. The number of hydrogen-bond donors (Lipinski definition) is 2. The van der Waals surface area contributed by atoms with Crippen LogP contribution in [0.4, 0.5) is 5.69 Å². The minimum Gasteiger partial charge on any atom is -0.325 e. The maximum Gasteiger partial charge on any atom is 0.241 e. The fraction of sp³-hybridized carbons (Fsp3) is 0.417. The number of rotatable bonds is 4. The third-order valence-electron chi connectivity index (χ3n) is 2.55. The summed E-state index contributed by atoms with van der Waals surface area (Å²) >= 11 is 5.84. The molecule has 1 unspecified atom stereocenters. The van der Waals surface area contributed by atoms with Crippen molar-refractivity contribution in [2.24, 2.45) is 0 Å². The second kappa shape index (κ2) is 6.24. The van der Waals surface area contributed by atoms with E-state index in [4.69, 9.17) is 11.6 Å². The van der Waals surface area contributed by atoms with Gasteiger partial charge in [0.2, 0.25) is 5.91 Å². The Bertz CT molecular complexity index is 394. The molecule has 1 saturated carbocycles. The number of carbonyl (C=O) groups excluding carboxylic acids is 1. The fourth-order valence-electron chi connectivity index (χ4n) is 1.50. The van der Waals surface area contributed by atoms with E-state index < -0.39 is 0 Å². The highest BCUT2D eigenvalue weighted by Gasteiger charge is 2.25. The number of anilines is 1. The van der Waals surface area contributed by atoms with Crippen molar-refractivity contribution in [2.75, 3.05) is 5.32 Å². The summed E-state index contributed by atoms with van der Waals surface area (Å²) in [6, 6.07) is 7.53. The minimum atomic E-state index is -0.161. The van der Waals surface area contributed by atoms with Gasteiger partial charge < -0.3 is 10.6 Å². The number of carbonyl (C=O) groups is 1. The highest BCUT2D eigenvalue weighted by atomic mass is 35.5. The third-order valence-corrected chi connectivity index (χ3v) is 2.78. The van der Waals surface area contributed by atoms with Crippen molar-refractivity contribution in [1.29, 1.82) is 0 Å². The first-order chi connectivity index (χ1) is 7.65. The molecule has 1 fully saturated rings. The normalized spacial score (nSPS) is 15.9. The lowest BCUT2D eigenvalue weighted by Gasteiger charge is -2.13. The van der Waals surface area contributed by atoms with E-state index in [0.717, 1.165) is 5.69 Å². The molecule has 0 bridgehead atoms. The molecule has 1 aromatic rings. The zero-order valence-electron chi connectivity index (χ0n) is 9.57. The van der Waals surface area contributed by atoms with Crippen molar-refractivity contribution in [3.63, 3.8) is 0 Å². The maximum atomic E-state index is 11.8. The van der Waals surface area contributed by atoms with Crippen molar-refractivity contribution < 1.29 is 4.79 Å². The summed E-state index contributed by atoms with van der Waals surface area (Å²) < 4.78 is 0. The van der Waals surface area contributed by atoms with Crippen molar-refractivity contribution in [3.05, 3.63) is 29.3 Å². The Labute approximate surface area is 112 Å². The summed E-state index contributed by atoms with van der Waals surface area (Å²) in [6.45, 7) is 1.87. The van der Waals surface area contributed by atoms with E-state index in [1.54, 1.807) is 12.1 Å². The largest absolute Gasteiger partial charge is 0.325 e. The monoisotopic (exact) mass is 274 g/mol. The van der Waals surface area contributed by atoms with E-state index in [9.17, 15) is 4.79 Å². The average molecular weight is 275 g/mol. The third kappa shape index (κ3) is 4.54. The molecule has 2 N–H and O–H groups in total. The molecule has 1 aromatic carbocycles. The van der Waals surface area contributed by atoms with Crippen LogP contribution in [-0.4, -0.2) is 18.0 Å². The Balaban J connectivity index is 0.00000144. The van der Waals surface area contributed by atoms with Gasteiger partial charge >= 0.3 is 0 Å². The van der Waals surface area contributed by atoms with E-state index in [2.05, 4.69) is 10.6 Å². The second-order valence-electron chi connectivity index (χ2n) is 4.16. The van der Waals surface area contributed by atoms with Crippen molar-refractivity contribution >= 4 is 35.6 Å². The lowest BCUT2D eigenvalue weighted by molar-refractivity contribution is -0.117. The second-order valence-corrected chi connectivity index (χ2v) is 4.60. The lowest BCUT2D eigenvalue weighted by atomic mass is 10.2. The van der Waals surface area contributed by atoms with Gasteiger partial charge in [-0.15, -0.1) is 12.4 Å². The molecule has 5 heteroatoms. The van der Waals surface area contributed by atoms with Gasteiger partial charge in [-0.1, -0.05) is 17.7 Å². The Morgan fingerprint density at radius 1 is 1.47 bits per heavy atom. The summed E-state index contributed by atoms with van der Waals surface area (Å²) in [5.41, 5.74) is 0.738. The number of nitrogens with one attached hydrogen (secondary N) is 2. The molecule has 0 aliphatic heterocycles. The van der Waals surface area contributed by atoms with Crippen LogP contribution >= 0.6 is 24.0 Å². The maximum absolute atomic E-state index is 11.8. The van der Waals surface area contributed by atoms with Crippen LogP contribution in [0.15, 0.2) is 24.3 Å². The van der Waals surface area contributed by atoms with Gasteiger partial charge in [0.15, 0.2) is 0 Å². The highest BCUT2D eigenvalue weighted by Crippen LogP contribution is 2.20. The van der Waals surface area contributed by atoms with Gasteiger partial charge in [-0.05, 0) is 38.0 Å². The zero-order chi connectivity index (χ0) is 11.5. The van der Waals surface area contributed by atoms with Crippen molar-refractivity contribution in [1.82, 2.24) is 5.32 Å². The molecule has 2 rings (SSSR count). The smallest absolute Gasteiger partial charge is 0.241 e. The molecule has 1 aliphatic rings. The van der Waals surface area contributed by atoms with Gasteiger partial charge in [-0.3, -0.25) is 4.79 Å². The number of benzene rings is 1. The summed E-state index contributed by atoms with van der Waals surface area (Å²) in [5.74, 6) is -0.0193. The molecule has 17 heavy (non-hydrogen) atoms. The molecule has 1 atom stereocenters. The first-order valence-corrected chi connectivity index (χ1v) is 5.85. The van der Waals surface area contributed by atoms with Gasteiger partial charge in [-0.25, -0.2) is 0 Å². The average Bonchev–Trinajstić information content (AvgIpc) is 3.01. The first-order valence-electron chi connectivity index (χ1n) is 5.47. The molecule has 1 aliphatic carbocycles. The van der Waals surface area contributed by atoms with Crippen molar-refractivity contribution in [2.45, 2.75) is 31.8 Å². The minimum absolute atomic E-state index is 0. The van der Waals surface area contributed by atoms with E-state index in [-0.39, 0.29) is 24.4 Å². The van der Waals surface area contributed by atoms with Crippen LogP contribution in [-0.2, 0) is 4.79 Å². The summed E-state index contributed by atoms with van der Waals surface area (Å²) in [4.78, 5) is 11.8. The van der Waals surface area contributed by atoms with Gasteiger partial charge in [0.25, 0.3) is 0 Å². The van der Waals surface area contributed by atoms with Gasteiger partial charge in [0.1, 0.15) is 0 Å². The van der Waals surface area contributed by atoms with Gasteiger partial charge in [0.05, 0.1) is 6.04 Å². The van der Waals surface area contributed by atoms with E-state index in [0.29, 0.717) is 11.1 Å². The Hall–Kier alpha value is -0.770. The molecule has 0 saturated heterocycles. The summed E-state index contributed by atoms with van der Waals surface area (Å²) in [6.07, 6.45) is 2.35. The van der Waals surface area contributed by atoms with Crippen LogP contribution in [0.2, 0.25) is 5.02 Å². The van der Waals surface area contributed by atoms with Gasteiger partial charge in [0, 0.05) is 16.8 Å². The topological polar surface area (TPSA) is 41.1 Å². The molecule has 0 spiro atoms. The molecule has 1 amide bonds. The first kappa shape index (κ1) is 14.3. The van der Waals surface area contributed by atoms with Crippen LogP contribution in [0.3, 0.4) is 0 Å². The van der Waals surface area contributed by atoms with Crippen LogP contribution in [0.5, 0.6) is 0 Å². The fourth-order valence-corrected chi connectivity index (χ4v) is 1.69. The van der Waals surface area contributed by atoms with Crippen LogP contribution < -0.4 is 10.6 Å². The quantitative estimate of drug-likeness (QED) is 0.887. The van der Waals surface area contributed by atoms with Crippen LogP contribution in [0.1, 0.15) is 19.8 Å². The predicted molar refractivity (Wildman–Crippen MR) is 72.9 cm³/mol. The van der Waals surface area contributed by atoms with E-state index in [1.807, 2.05) is 19.1 Å². The SMILES string of the molecule is CC(NC1CC1)C(=O)Nc1cccc(Cl)c1.Cl. The Kier molecular flexibility index (Phi) is 5.25.